The molecule has 0 aliphatic carbocycles. The largest absolute Gasteiger partial charge is 0.293 e. The third kappa shape index (κ3) is 2.49. The minimum Gasteiger partial charge on any atom is -0.293 e. The van der Waals surface area contributed by atoms with E-state index in [-0.39, 0.29) is 11.6 Å². The van der Waals surface area contributed by atoms with Crippen LogP contribution in [0, 0.1) is 17.5 Å². The van der Waals surface area contributed by atoms with Gasteiger partial charge in [-0.2, -0.15) is 0 Å². The lowest BCUT2D eigenvalue weighted by atomic mass is 10.2. The van der Waals surface area contributed by atoms with Gasteiger partial charge in [0, 0.05) is 24.4 Å². The Balaban J connectivity index is 2.32. The molecule has 0 radical (unpaired) electrons. The highest BCUT2D eigenvalue weighted by molar-refractivity contribution is 6.17. The summed E-state index contributed by atoms with van der Waals surface area (Å²) in [6, 6.07) is 7.29. The average Bonchev–Trinajstić information content (AvgIpc) is 2.77. The molecule has 0 bridgehead atoms. The van der Waals surface area contributed by atoms with Crippen molar-refractivity contribution in [3.63, 3.8) is 0 Å². The molecule has 3 aromatic rings. The highest BCUT2D eigenvalue weighted by Gasteiger charge is 2.16. The average molecular weight is 311 g/mol. The zero-order valence-electron chi connectivity index (χ0n) is 10.8. The van der Waals surface area contributed by atoms with E-state index in [1.165, 1.54) is 28.8 Å². The predicted octanol–water partition coefficient (Wildman–Crippen LogP) is 4.22. The van der Waals surface area contributed by atoms with E-state index in [9.17, 15) is 13.2 Å². The van der Waals surface area contributed by atoms with Crippen LogP contribution in [0.2, 0.25) is 0 Å². The van der Waals surface area contributed by atoms with Gasteiger partial charge in [0.15, 0.2) is 0 Å². The molecular formula is C15H10ClF3N2. The fourth-order valence-electron chi connectivity index (χ4n) is 2.28. The van der Waals surface area contributed by atoms with Gasteiger partial charge in [0.2, 0.25) is 0 Å². The molecule has 0 amide bonds. The lowest BCUT2D eigenvalue weighted by Gasteiger charge is -2.10. The van der Waals surface area contributed by atoms with Gasteiger partial charge in [-0.3, -0.25) is 4.57 Å². The fraction of sp³-hybridized carbons (Fsp3) is 0.133. The number of nitrogens with zero attached hydrogens (tertiary/aromatic N) is 2. The molecule has 1 heterocycles. The van der Waals surface area contributed by atoms with E-state index in [2.05, 4.69) is 4.98 Å². The topological polar surface area (TPSA) is 17.8 Å². The first-order valence-corrected chi connectivity index (χ1v) is 6.82. The van der Waals surface area contributed by atoms with Gasteiger partial charge in [-0.05, 0) is 24.3 Å². The van der Waals surface area contributed by atoms with Crippen LogP contribution in [-0.4, -0.2) is 15.4 Å². The van der Waals surface area contributed by atoms with Crippen LogP contribution in [0.25, 0.3) is 16.7 Å². The summed E-state index contributed by atoms with van der Waals surface area (Å²) in [5, 5.41) is 0. The minimum absolute atomic E-state index is 0.115. The molecule has 0 saturated heterocycles. The number of imidazole rings is 1. The van der Waals surface area contributed by atoms with E-state index in [0.29, 0.717) is 23.3 Å². The normalized spacial score (nSPS) is 11.2. The summed E-state index contributed by atoms with van der Waals surface area (Å²) in [5.41, 5.74) is 1.06. The third-order valence-electron chi connectivity index (χ3n) is 3.15. The number of fused-ring (bicyclic) bond motifs is 1. The van der Waals surface area contributed by atoms with Crippen molar-refractivity contribution in [1.82, 2.24) is 9.55 Å². The molecule has 0 spiro atoms. The Bertz CT molecular complexity index is 814. The molecule has 2 nitrogen and oxygen atoms in total. The summed E-state index contributed by atoms with van der Waals surface area (Å²) in [4.78, 5) is 4.33. The van der Waals surface area contributed by atoms with E-state index in [4.69, 9.17) is 11.6 Å². The summed E-state index contributed by atoms with van der Waals surface area (Å²) >= 11 is 5.74. The lowest BCUT2D eigenvalue weighted by Crippen LogP contribution is -2.05. The third-order valence-corrected chi connectivity index (χ3v) is 3.34. The van der Waals surface area contributed by atoms with Crippen LogP contribution < -0.4 is 0 Å². The Morgan fingerprint density at radius 2 is 1.71 bits per heavy atom. The van der Waals surface area contributed by atoms with E-state index in [1.807, 2.05) is 0 Å². The van der Waals surface area contributed by atoms with Gasteiger partial charge in [0.25, 0.3) is 0 Å². The second-order valence-electron chi connectivity index (χ2n) is 4.53. The van der Waals surface area contributed by atoms with Crippen molar-refractivity contribution in [2.24, 2.45) is 0 Å². The molecule has 0 saturated carbocycles. The van der Waals surface area contributed by atoms with Crippen LogP contribution in [-0.2, 0) is 6.42 Å². The number of rotatable bonds is 3. The van der Waals surface area contributed by atoms with Crippen LogP contribution in [0.4, 0.5) is 13.2 Å². The fourth-order valence-corrected chi connectivity index (χ4v) is 2.45. The number of halogens is 4. The summed E-state index contributed by atoms with van der Waals surface area (Å²) < 4.78 is 42.1. The molecule has 6 heteroatoms. The quantitative estimate of drug-likeness (QED) is 0.662. The van der Waals surface area contributed by atoms with Crippen molar-refractivity contribution in [2.75, 3.05) is 5.88 Å². The van der Waals surface area contributed by atoms with E-state index in [0.717, 1.165) is 12.1 Å². The first kappa shape index (κ1) is 13.9. The molecule has 2 aromatic carbocycles. The van der Waals surface area contributed by atoms with Crippen LogP contribution in [0.3, 0.4) is 0 Å². The van der Waals surface area contributed by atoms with Crippen LogP contribution in [0.5, 0.6) is 0 Å². The Morgan fingerprint density at radius 1 is 1.00 bits per heavy atom. The van der Waals surface area contributed by atoms with Crippen molar-refractivity contribution in [1.29, 1.82) is 0 Å². The molecule has 3 rings (SSSR count). The molecule has 0 fully saturated rings. The van der Waals surface area contributed by atoms with Gasteiger partial charge in [0.1, 0.15) is 23.3 Å². The number of hydrogen-bond acceptors (Lipinski definition) is 1. The first-order valence-electron chi connectivity index (χ1n) is 6.28. The molecule has 21 heavy (non-hydrogen) atoms. The molecule has 108 valence electrons. The molecule has 0 unspecified atom stereocenters. The maximum Gasteiger partial charge on any atom is 0.150 e. The van der Waals surface area contributed by atoms with Gasteiger partial charge >= 0.3 is 0 Å². The van der Waals surface area contributed by atoms with Crippen LogP contribution >= 0.6 is 11.6 Å². The van der Waals surface area contributed by atoms with Gasteiger partial charge in [-0.15, -0.1) is 11.6 Å². The standard InChI is InChI=1S/C15H10ClF3N2/c16-6-5-15-20-12-3-1-10(18)8-14(12)21(15)13-4-2-9(17)7-11(13)19/h1-4,7-8H,5-6H2. The number of hydrogen-bond donors (Lipinski definition) is 0. The van der Waals surface area contributed by atoms with Crippen molar-refractivity contribution >= 4 is 22.6 Å². The van der Waals surface area contributed by atoms with Crippen molar-refractivity contribution in [3.05, 3.63) is 59.7 Å². The van der Waals surface area contributed by atoms with Gasteiger partial charge in [-0.25, -0.2) is 18.2 Å². The molecule has 0 N–H and O–H groups in total. The smallest absolute Gasteiger partial charge is 0.150 e. The summed E-state index contributed by atoms with van der Waals surface area (Å²) in [7, 11) is 0. The van der Waals surface area contributed by atoms with E-state index in [1.54, 1.807) is 0 Å². The Labute approximate surface area is 123 Å². The zero-order valence-corrected chi connectivity index (χ0v) is 11.5. The van der Waals surface area contributed by atoms with Crippen molar-refractivity contribution in [3.8, 4) is 5.69 Å². The second kappa shape index (κ2) is 5.41. The minimum atomic E-state index is -0.741. The molecule has 0 atom stereocenters. The van der Waals surface area contributed by atoms with Crippen LogP contribution in [0.1, 0.15) is 5.82 Å². The highest BCUT2D eigenvalue weighted by atomic mass is 35.5. The predicted molar refractivity (Wildman–Crippen MR) is 75.4 cm³/mol. The van der Waals surface area contributed by atoms with Crippen molar-refractivity contribution < 1.29 is 13.2 Å². The Kier molecular flexibility index (Phi) is 3.59. The number of aromatic nitrogens is 2. The van der Waals surface area contributed by atoms with Gasteiger partial charge in [-0.1, -0.05) is 0 Å². The lowest BCUT2D eigenvalue weighted by molar-refractivity contribution is 0.577. The number of benzene rings is 2. The van der Waals surface area contributed by atoms with Crippen LogP contribution in [0.15, 0.2) is 36.4 Å². The SMILES string of the molecule is Fc1ccc(-n2c(CCCl)nc3ccc(F)cc32)c(F)c1. The zero-order chi connectivity index (χ0) is 15.0. The summed E-state index contributed by atoms with van der Waals surface area (Å²) in [5.74, 6) is -1.09. The Hall–Kier alpha value is -2.01. The Morgan fingerprint density at radius 3 is 2.43 bits per heavy atom. The first-order chi connectivity index (χ1) is 10.1. The molecular weight excluding hydrogens is 301 g/mol. The number of aryl methyl sites for hydroxylation is 1. The summed E-state index contributed by atoms with van der Waals surface area (Å²) in [6.45, 7) is 0. The number of alkyl halides is 1. The molecule has 1 aromatic heterocycles. The molecule has 0 aliphatic rings. The van der Waals surface area contributed by atoms with E-state index < -0.39 is 17.5 Å². The highest BCUT2D eigenvalue weighted by Crippen LogP contribution is 2.25. The summed E-state index contributed by atoms with van der Waals surface area (Å²) in [6.07, 6.45) is 0.384. The van der Waals surface area contributed by atoms with Gasteiger partial charge in [0.05, 0.1) is 16.7 Å². The maximum atomic E-state index is 14.0. The maximum absolute atomic E-state index is 14.0. The van der Waals surface area contributed by atoms with E-state index >= 15 is 0 Å². The van der Waals surface area contributed by atoms with Gasteiger partial charge < -0.3 is 0 Å². The van der Waals surface area contributed by atoms with Crippen molar-refractivity contribution in [2.45, 2.75) is 6.42 Å². The monoisotopic (exact) mass is 310 g/mol. The molecule has 0 aliphatic heterocycles. The second-order valence-corrected chi connectivity index (χ2v) is 4.91.